The molecule has 0 aromatic carbocycles. The molecule has 1 aliphatic heterocycles. The lowest BCUT2D eigenvalue weighted by Gasteiger charge is -2.28. The monoisotopic (exact) mass is 523 g/mol. The van der Waals surface area contributed by atoms with Gasteiger partial charge in [-0.15, -0.1) is 0 Å². The number of ether oxygens (including phenoxy) is 3. The molecular weight excluding hydrogens is 478 g/mol. The summed E-state index contributed by atoms with van der Waals surface area (Å²) in [5.74, 6) is -0.561. The summed E-state index contributed by atoms with van der Waals surface area (Å²) in [5, 5.41) is 5.40. The molecule has 0 aromatic rings. The van der Waals surface area contributed by atoms with Gasteiger partial charge in [-0.3, -0.25) is 9.59 Å². The number of nitrogens with zero attached hydrogens (tertiary/aromatic N) is 1. The third kappa shape index (κ3) is 9.02. The number of amides is 3. The van der Waals surface area contributed by atoms with Crippen molar-refractivity contribution in [2.75, 3.05) is 20.3 Å². The van der Waals surface area contributed by atoms with E-state index in [-0.39, 0.29) is 30.6 Å². The molecule has 1 saturated carbocycles. The van der Waals surface area contributed by atoms with E-state index >= 15 is 0 Å². The van der Waals surface area contributed by atoms with E-state index in [0.717, 1.165) is 32.1 Å². The van der Waals surface area contributed by atoms with Crippen LogP contribution in [-0.2, 0) is 28.6 Å². The molecule has 37 heavy (non-hydrogen) atoms. The fraction of sp³-hybridized carbons (Fsp3) is 0.778. The van der Waals surface area contributed by atoms with Gasteiger partial charge in [-0.25, -0.2) is 9.59 Å². The molecule has 0 bridgehead atoms. The molecule has 1 saturated heterocycles. The summed E-state index contributed by atoms with van der Waals surface area (Å²) in [7, 11) is 1.65. The summed E-state index contributed by atoms with van der Waals surface area (Å²) in [6.45, 7) is 9.88. The number of alkyl carbamates (subject to hydrolysis) is 1. The van der Waals surface area contributed by atoms with Crippen LogP contribution in [0.4, 0.5) is 4.79 Å². The number of hydrogen-bond donors (Lipinski definition) is 2. The van der Waals surface area contributed by atoms with Gasteiger partial charge in [0.05, 0.1) is 12.7 Å². The van der Waals surface area contributed by atoms with E-state index in [1.165, 1.54) is 0 Å². The highest BCUT2D eigenvalue weighted by molar-refractivity contribution is 5.88. The molecule has 3 amide bonds. The lowest BCUT2D eigenvalue weighted by atomic mass is 10.0. The van der Waals surface area contributed by atoms with Crippen molar-refractivity contribution in [3.63, 3.8) is 0 Å². The summed E-state index contributed by atoms with van der Waals surface area (Å²) in [4.78, 5) is 50.6. The smallest absolute Gasteiger partial charge is 0.408 e. The van der Waals surface area contributed by atoms with E-state index in [9.17, 15) is 19.2 Å². The van der Waals surface area contributed by atoms with Crippen molar-refractivity contribution in [1.82, 2.24) is 15.5 Å². The summed E-state index contributed by atoms with van der Waals surface area (Å²) in [6.07, 6.45) is 9.12. The number of esters is 1. The number of allylic oxidation sites excluding steroid dienone is 1. The zero-order chi connectivity index (χ0) is 27.6. The largest absolute Gasteiger partial charge is 0.464 e. The third-order valence-corrected chi connectivity index (χ3v) is 6.84. The maximum atomic E-state index is 13.3. The van der Waals surface area contributed by atoms with Gasteiger partial charge in [0, 0.05) is 25.6 Å². The maximum Gasteiger partial charge on any atom is 0.408 e. The Morgan fingerprint density at radius 2 is 1.92 bits per heavy atom. The first-order chi connectivity index (χ1) is 17.5. The zero-order valence-corrected chi connectivity index (χ0v) is 23.2. The molecule has 2 fully saturated rings. The average Bonchev–Trinajstić information content (AvgIpc) is 3.38. The summed E-state index contributed by atoms with van der Waals surface area (Å²) in [6, 6.07) is -0.613. The van der Waals surface area contributed by atoms with Crippen LogP contribution in [0.25, 0.3) is 0 Å². The van der Waals surface area contributed by atoms with Crippen LogP contribution in [0.2, 0.25) is 0 Å². The molecule has 1 aliphatic carbocycles. The summed E-state index contributed by atoms with van der Waals surface area (Å²) in [5.41, 5.74) is -1.58. The minimum atomic E-state index is -0.927. The standard InChI is InChI=1S/C27H45N3O7/c1-7-36-24(33)27(28-18-31)16-20(27)13-11-9-8-10-12-14-22(29-25(34)37-26(3,4)5)23(32)30-17-21(35-6)15-19(30)2/h11,13,18-22H,7-10,12,14-17H2,1-6H3,(H,28,31)(H,29,34)/b13-11-/t19?,20-,21-,22+,27-/m1/s1. The van der Waals surface area contributed by atoms with Gasteiger partial charge in [0.15, 0.2) is 0 Å². The van der Waals surface area contributed by atoms with Crippen molar-refractivity contribution in [1.29, 1.82) is 0 Å². The van der Waals surface area contributed by atoms with Gasteiger partial charge < -0.3 is 29.7 Å². The molecule has 10 nitrogen and oxygen atoms in total. The molecule has 0 spiro atoms. The molecule has 1 unspecified atom stereocenters. The van der Waals surface area contributed by atoms with E-state index in [4.69, 9.17) is 14.2 Å². The van der Waals surface area contributed by atoms with E-state index in [1.54, 1.807) is 39.7 Å². The number of methoxy groups -OCH3 is 1. The number of unbranched alkanes of at least 4 members (excludes halogenated alkanes) is 3. The van der Waals surface area contributed by atoms with E-state index in [0.29, 0.717) is 25.8 Å². The Morgan fingerprint density at radius 1 is 1.19 bits per heavy atom. The second-order valence-corrected chi connectivity index (χ2v) is 11.0. The van der Waals surface area contributed by atoms with Crippen LogP contribution in [0.5, 0.6) is 0 Å². The molecule has 210 valence electrons. The predicted molar refractivity (Wildman–Crippen MR) is 139 cm³/mol. The second kappa shape index (κ2) is 13.8. The van der Waals surface area contributed by atoms with Gasteiger partial charge in [-0.1, -0.05) is 25.0 Å². The Hall–Kier alpha value is -2.62. The Kier molecular flexibility index (Phi) is 11.4. The number of hydrogen-bond acceptors (Lipinski definition) is 7. The fourth-order valence-electron chi connectivity index (χ4n) is 4.76. The van der Waals surface area contributed by atoms with Crippen molar-refractivity contribution in [3.05, 3.63) is 12.2 Å². The highest BCUT2D eigenvalue weighted by Crippen LogP contribution is 2.45. The first-order valence-corrected chi connectivity index (χ1v) is 13.3. The molecule has 5 atom stereocenters. The van der Waals surface area contributed by atoms with E-state index in [2.05, 4.69) is 10.6 Å². The minimum Gasteiger partial charge on any atom is -0.464 e. The van der Waals surface area contributed by atoms with Crippen LogP contribution in [0.1, 0.15) is 79.6 Å². The molecule has 0 radical (unpaired) electrons. The molecule has 2 N–H and O–H groups in total. The Bertz CT molecular complexity index is 825. The van der Waals surface area contributed by atoms with Crippen LogP contribution in [0.3, 0.4) is 0 Å². The SMILES string of the molecule is CCOC(=O)[C@@]1(NC=O)C[C@H]1/C=C\CCCCC[C@H](NC(=O)OC(C)(C)C)C(=O)N1C[C@H](OC)CC1C. The molecule has 2 aliphatic rings. The molecule has 1 heterocycles. The van der Waals surface area contributed by atoms with Gasteiger partial charge in [0.25, 0.3) is 0 Å². The van der Waals surface area contributed by atoms with Crippen molar-refractivity contribution in [3.8, 4) is 0 Å². The highest BCUT2D eigenvalue weighted by atomic mass is 16.6. The quantitative estimate of drug-likeness (QED) is 0.155. The highest BCUT2D eigenvalue weighted by Gasteiger charge is 2.60. The Morgan fingerprint density at radius 3 is 2.51 bits per heavy atom. The van der Waals surface area contributed by atoms with Crippen molar-refractivity contribution >= 4 is 24.4 Å². The summed E-state index contributed by atoms with van der Waals surface area (Å²) >= 11 is 0. The van der Waals surface area contributed by atoms with Gasteiger partial charge in [0.2, 0.25) is 12.3 Å². The average molecular weight is 524 g/mol. The molecular formula is C27H45N3O7. The number of likely N-dealkylation sites (tertiary alicyclic amines) is 1. The lowest BCUT2D eigenvalue weighted by molar-refractivity contribution is -0.148. The lowest BCUT2D eigenvalue weighted by Crippen LogP contribution is -2.50. The van der Waals surface area contributed by atoms with Crippen molar-refractivity contribution < 1.29 is 33.4 Å². The Labute approximate surface area is 220 Å². The second-order valence-electron chi connectivity index (χ2n) is 11.0. The predicted octanol–water partition coefficient (Wildman–Crippen LogP) is 3.09. The van der Waals surface area contributed by atoms with Gasteiger partial charge in [-0.2, -0.15) is 0 Å². The van der Waals surface area contributed by atoms with Gasteiger partial charge in [-0.05, 0) is 66.7 Å². The fourth-order valence-corrected chi connectivity index (χ4v) is 4.76. The van der Waals surface area contributed by atoms with Crippen molar-refractivity contribution in [2.24, 2.45) is 5.92 Å². The molecule has 2 rings (SSSR count). The van der Waals surface area contributed by atoms with Crippen LogP contribution in [0.15, 0.2) is 12.2 Å². The first kappa shape index (κ1) is 30.6. The first-order valence-electron chi connectivity index (χ1n) is 13.3. The van der Waals surface area contributed by atoms with Gasteiger partial charge in [0.1, 0.15) is 17.2 Å². The van der Waals surface area contributed by atoms with E-state index in [1.807, 2.05) is 19.1 Å². The Balaban J connectivity index is 1.84. The number of carbonyl (C=O) groups excluding carboxylic acids is 4. The number of nitrogens with one attached hydrogen (secondary N) is 2. The number of carbonyl (C=O) groups is 4. The van der Waals surface area contributed by atoms with Crippen LogP contribution >= 0.6 is 0 Å². The normalized spacial score (nSPS) is 26.0. The van der Waals surface area contributed by atoms with Crippen LogP contribution in [0, 0.1) is 5.92 Å². The third-order valence-electron chi connectivity index (χ3n) is 6.84. The topological polar surface area (TPSA) is 123 Å². The molecule has 10 heteroatoms. The van der Waals surface area contributed by atoms with Gasteiger partial charge >= 0.3 is 12.1 Å². The zero-order valence-electron chi connectivity index (χ0n) is 23.2. The minimum absolute atomic E-state index is 0.00341. The number of rotatable bonds is 14. The van der Waals surface area contributed by atoms with Crippen LogP contribution < -0.4 is 10.6 Å². The summed E-state index contributed by atoms with van der Waals surface area (Å²) < 4.78 is 15.9. The van der Waals surface area contributed by atoms with Crippen LogP contribution in [-0.4, -0.2) is 78.9 Å². The van der Waals surface area contributed by atoms with E-state index < -0.39 is 29.2 Å². The molecule has 0 aromatic heterocycles. The maximum absolute atomic E-state index is 13.3. The van der Waals surface area contributed by atoms with Crippen molar-refractivity contribution in [2.45, 2.75) is 109 Å².